The van der Waals surface area contributed by atoms with Gasteiger partial charge in [0, 0.05) is 61.1 Å². The maximum Gasteiger partial charge on any atom is 0.247 e. The molecule has 5 rings (SSSR count). The van der Waals surface area contributed by atoms with Crippen molar-refractivity contribution in [2.75, 3.05) is 53.7 Å². The summed E-state index contributed by atoms with van der Waals surface area (Å²) in [4.78, 5) is 27.7. The van der Waals surface area contributed by atoms with E-state index in [-0.39, 0.29) is 12.0 Å². The molecule has 3 N–H and O–H groups in total. The second-order valence-electron chi connectivity index (χ2n) is 10.6. The van der Waals surface area contributed by atoms with Crippen LogP contribution >= 0.6 is 0 Å². The van der Waals surface area contributed by atoms with Gasteiger partial charge in [-0.3, -0.25) is 9.69 Å². The Kier molecular flexibility index (Phi) is 8.23. The van der Waals surface area contributed by atoms with Gasteiger partial charge in [-0.25, -0.2) is 4.98 Å². The number of allylic oxidation sites excluding steroid dienone is 1. The standard InChI is InChI=1S/C31H37N7O3/c1-6-28(39)33-22-8-7-9-24(17-22)38-29(40)16-21(4)25-19-32-31(35-30(25)38)34-26-11-10-23(18-27(26)41-20(2)3)37-14-12-36(5)13-15-37/h6-11,16-20,29,40H,1,12-15H2,2-5H3,(H,33,39)(H,32,34,35). The van der Waals surface area contributed by atoms with Gasteiger partial charge in [-0.2, -0.15) is 4.98 Å². The lowest BCUT2D eigenvalue weighted by molar-refractivity contribution is -0.111. The van der Waals surface area contributed by atoms with E-state index in [4.69, 9.17) is 9.72 Å². The minimum Gasteiger partial charge on any atom is -0.489 e. The highest BCUT2D eigenvalue weighted by Crippen LogP contribution is 2.39. The molecule has 0 bridgehead atoms. The number of anilines is 6. The van der Waals surface area contributed by atoms with Crippen molar-refractivity contribution in [2.45, 2.75) is 33.1 Å². The smallest absolute Gasteiger partial charge is 0.247 e. The largest absolute Gasteiger partial charge is 0.489 e. The van der Waals surface area contributed by atoms with Crippen molar-refractivity contribution >= 4 is 46.0 Å². The Morgan fingerprint density at radius 2 is 1.93 bits per heavy atom. The Balaban J connectivity index is 1.47. The van der Waals surface area contributed by atoms with Crippen LogP contribution in [0.25, 0.3) is 5.57 Å². The number of benzene rings is 2. The number of likely N-dealkylation sites (N-methyl/N-ethyl adjacent to an activating group) is 1. The highest BCUT2D eigenvalue weighted by atomic mass is 16.5. The van der Waals surface area contributed by atoms with Gasteiger partial charge < -0.3 is 30.3 Å². The molecule has 2 aliphatic rings. The molecule has 1 fully saturated rings. The van der Waals surface area contributed by atoms with Gasteiger partial charge in [0.05, 0.1) is 11.8 Å². The number of aromatic nitrogens is 2. The summed E-state index contributed by atoms with van der Waals surface area (Å²) in [7, 11) is 2.14. The van der Waals surface area contributed by atoms with Gasteiger partial charge in [0.25, 0.3) is 0 Å². The second kappa shape index (κ2) is 12.0. The molecule has 1 amide bonds. The van der Waals surface area contributed by atoms with Crippen LogP contribution < -0.4 is 25.2 Å². The predicted octanol–water partition coefficient (Wildman–Crippen LogP) is 4.76. The topological polar surface area (TPSA) is 106 Å². The fraction of sp³-hybridized carbons (Fsp3) is 0.323. The maximum absolute atomic E-state index is 11.9. The van der Waals surface area contributed by atoms with Crippen LogP contribution in [-0.2, 0) is 4.79 Å². The predicted molar refractivity (Wildman–Crippen MR) is 164 cm³/mol. The van der Waals surface area contributed by atoms with Gasteiger partial charge in [0.2, 0.25) is 11.9 Å². The van der Waals surface area contributed by atoms with Crippen LogP contribution in [0.5, 0.6) is 5.75 Å². The molecule has 0 spiro atoms. The van der Waals surface area contributed by atoms with Crippen LogP contribution in [0.4, 0.5) is 34.5 Å². The molecule has 3 heterocycles. The summed E-state index contributed by atoms with van der Waals surface area (Å²) >= 11 is 0. The van der Waals surface area contributed by atoms with E-state index in [0.717, 1.165) is 54.4 Å². The highest BCUT2D eigenvalue weighted by molar-refractivity contribution is 5.99. The fourth-order valence-electron chi connectivity index (χ4n) is 4.96. The number of carbonyl (C=O) groups is 1. The van der Waals surface area contributed by atoms with E-state index in [1.54, 1.807) is 29.3 Å². The number of hydrogen-bond acceptors (Lipinski definition) is 9. The van der Waals surface area contributed by atoms with Crippen molar-refractivity contribution < 1.29 is 14.6 Å². The SMILES string of the molecule is C=CC(=O)Nc1cccc(N2c3nc(Nc4ccc(N5CCN(C)CC5)cc4OC(C)C)ncc3C(C)=CC2O)c1. The number of aliphatic hydroxyl groups excluding tert-OH is 1. The zero-order chi connectivity index (χ0) is 29.1. The third-order valence-corrected chi connectivity index (χ3v) is 7.11. The van der Waals surface area contributed by atoms with Gasteiger partial charge >= 0.3 is 0 Å². The molecule has 1 unspecified atom stereocenters. The van der Waals surface area contributed by atoms with E-state index in [0.29, 0.717) is 23.1 Å². The Labute approximate surface area is 241 Å². The Morgan fingerprint density at radius 1 is 1.15 bits per heavy atom. The number of fused-ring (bicyclic) bond motifs is 1. The molecule has 10 nitrogen and oxygen atoms in total. The fourth-order valence-corrected chi connectivity index (χ4v) is 4.96. The molecule has 214 valence electrons. The average molecular weight is 556 g/mol. The van der Waals surface area contributed by atoms with E-state index in [2.05, 4.69) is 51.2 Å². The van der Waals surface area contributed by atoms with Crippen LogP contribution in [-0.4, -0.2) is 71.4 Å². The lowest BCUT2D eigenvalue weighted by Gasteiger charge is -2.34. The summed E-state index contributed by atoms with van der Waals surface area (Å²) in [5, 5.41) is 17.2. The van der Waals surface area contributed by atoms with E-state index >= 15 is 0 Å². The van der Waals surface area contributed by atoms with E-state index in [1.165, 1.54) is 6.08 Å². The van der Waals surface area contributed by atoms with E-state index < -0.39 is 6.23 Å². The molecule has 0 radical (unpaired) electrons. The molecule has 2 aliphatic heterocycles. The lowest BCUT2D eigenvalue weighted by Crippen LogP contribution is -2.44. The minimum atomic E-state index is -0.960. The van der Waals surface area contributed by atoms with Gasteiger partial charge in [-0.05, 0) is 75.9 Å². The van der Waals surface area contributed by atoms with Gasteiger partial charge in [-0.1, -0.05) is 12.6 Å². The molecule has 1 aromatic heterocycles. The number of carbonyl (C=O) groups excluding carboxylic acids is 1. The number of amides is 1. The van der Waals surface area contributed by atoms with Crippen molar-refractivity contribution in [1.82, 2.24) is 14.9 Å². The zero-order valence-electron chi connectivity index (χ0n) is 24.0. The molecule has 0 aliphatic carbocycles. The Hall–Kier alpha value is -4.41. The quantitative estimate of drug-likeness (QED) is 0.339. The van der Waals surface area contributed by atoms with Crippen molar-refractivity contribution in [3.63, 3.8) is 0 Å². The number of ether oxygens (including phenoxy) is 1. The minimum absolute atomic E-state index is 0.0185. The van der Waals surface area contributed by atoms with Crippen LogP contribution in [0.3, 0.4) is 0 Å². The Bertz CT molecular complexity index is 1460. The first-order valence-corrected chi connectivity index (χ1v) is 13.8. The molecular formula is C31H37N7O3. The summed E-state index contributed by atoms with van der Waals surface area (Å²) in [5.74, 6) is 1.32. The zero-order valence-corrected chi connectivity index (χ0v) is 24.0. The molecule has 1 atom stereocenters. The van der Waals surface area contributed by atoms with Crippen molar-refractivity contribution in [3.05, 3.63) is 73.0 Å². The molecule has 1 saturated heterocycles. The van der Waals surface area contributed by atoms with Crippen molar-refractivity contribution in [1.29, 1.82) is 0 Å². The summed E-state index contributed by atoms with van der Waals surface area (Å²) in [6.07, 6.45) is 3.73. The molecule has 0 saturated carbocycles. The van der Waals surface area contributed by atoms with Gasteiger partial charge in [-0.15, -0.1) is 0 Å². The molecule has 10 heteroatoms. The highest BCUT2D eigenvalue weighted by Gasteiger charge is 2.28. The number of nitrogens with zero attached hydrogens (tertiary/aromatic N) is 5. The third kappa shape index (κ3) is 6.34. The summed E-state index contributed by atoms with van der Waals surface area (Å²) in [6, 6.07) is 13.4. The van der Waals surface area contributed by atoms with Crippen molar-refractivity contribution in [3.8, 4) is 5.75 Å². The maximum atomic E-state index is 11.9. The first-order valence-electron chi connectivity index (χ1n) is 13.8. The second-order valence-corrected chi connectivity index (χ2v) is 10.6. The number of rotatable bonds is 8. The van der Waals surface area contributed by atoms with Gasteiger partial charge in [0.15, 0.2) is 6.23 Å². The number of nitrogens with one attached hydrogen (secondary N) is 2. The number of piperazine rings is 1. The summed E-state index contributed by atoms with van der Waals surface area (Å²) in [5.41, 5.74) is 4.77. The molecule has 3 aromatic rings. The number of hydrogen-bond donors (Lipinski definition) is 3. The molecule has 2 aromatic carbocycles. The van der Waals surface area contributed by atoms with Crippen LogP contribution in [0.1, 0.15) is 26.3 Å². The van der Waals surface area contributed by atoms with Crippen LogP contribution in [0.15, 0.2) is 67.4 Å². The van der Waals surface area contributed by atoms with Crippen LogP contribution in [0, 0.1) is 0 Å². The third-order valence-electron chi connectivity index (χ3n) is 7.11. The first kappa shape index (κ1) is 28.1. The lowest BCUT2D eigenvalue weighted by atomic mass is 10.0. The molecular weight excluding hydrogens is 518 g/mol. The van der Waals surface area contributed by atoms with Crippen LogP contribution in [0.2, 0.25) is 0 Å². The molecule has 41 heavy (non-hydrogen) atoms. The normalized spacial score (nSPS) is 17.1. The summed E-state index contributed by atoms with van der Waals surface area (Å²) < 4.78 is 6.21. The summed E-state index contributed by atoms with van der Waals surface area (Å²) in [6.45, 7) is 13.4. The Morgan fingerprint density at radius 3 is 2.66 bits per heavy atom. The monoisotopic (exact) mass is 555 g/mol. The number of aliphatic hydroxyl groups is 1. The van der Waals surface area contributed by atoms with E-state index in [9.17, 15) is 9.90 Å². The van der Waals surface area contributed by atoms with Gasteiger partial charge in [0.1, 0.15) is 11.6 Å². The average Bonchev–Trinajstić information content (AvgIpc) is 2.94. The van der Waals surface area contributed by atoms with E-state index in [1.807, 2.05) is 39.0 Å². The first-order chi connectivity index (χ1) is 19.7. The van der Waals surface area contributed by atoms with Crippen molar-refractivity contribution in [2.24, 2.45) is 0 Å².